The second kappa shape index (κ2) is 6.72. The van der Waals surface area contributed by atoms with E-state index in [9.17, 15) is 13.5 Å². The highest BCUT2D eigenvalue weighted by Crippen LogP contribution is 2.33. The number of hydrogen-bond donors (Lipinski definition) is 1. The maximum Gasteiger partial charge on any atom is 0.214 e. The SMILES string of the molecule is CC(C)n1cc([C@]2(O)CCCN(S(=O)(=O)CC3CCCC3)C2)nn1. The fraction of sp³-hybridized carbons (Fsp3) is 0.875. The minimum atomic E-state index is -3.34. The van der Waals surface area contributed by atoms with Gasteiger partial charge in [-0.2, -0.15) is 4.31 Å². The van der Waals surface area contributed by atoms with Crippen LogP contribution in [0.3, 0.4) is 0 Å². The molecule has 1 N–H and O–H groups in total. The average Bonchev–Trinajstić information content (AvgIpc) is 3.18. The second-order valence-corrected chi connectivity index (χ2v) is 9.59. The Hall–Kier alpha value is -0.990. The average molecular weight is 356 g/mol. The number of β-amino-alcohol motifs (C(OH)–C–C–N with tert-alkyl or cyclic N) is 1. The second-order valence-electron chi connectivity index (χ2n) is 7.58. The van der Waals surface area contributed by atoms with Crippen molar-refractivity contribution in [3.05, 3.63) is 11.9 Å². The lowest BCUT2D eigenvalue weighted by atomic mass is 9.91. The molecule has 3 rings (SSSR count). The molecule has 1 saturated carbocycles. The molecule has 1 saturated heterocycles. The van der Waals surface area contributed by atoms with E-state index in [1.165, 1.54) is 4.31 Å². The normalized spacial score (nSPS) is 27.2. The van der Waals surface area contributed by atoms with Gasteiger partial charge in [-0.15, -0.1) is 5.10 Å². The zero-order chi connectivity index (χ0) is 17.4. The van der Waals surface area contributed by atoms with Gasteiger partial charge in [0.1, 0.15) is 11.3 Å². The van der Waals surface area contributed by atoms with Gasteiger partial charge in [-0.05, 0) is 45.4 Å². The molecule has 24 heavy (non-hydrogen) atoms. The van der Waals surface area contributed by atoms with Gasteiger partial charge in [-0.25, -0.2) is 13.1 Å². The lowest BCUT2D eigenvalue weighted by Crippen LogP contribution is -2.49. The number of rotatable bonds is 5. The molecule has 2 aliphatic rings. The highest BCUT2D eigenvalue weighted by atomic mass is 32.2. The summed E-state index contributed by atoms with van der Waals surface area (Å²) in [4.78, 5) is 0. The van der Waals surface area contributed by atoms with Crippen molar-refractivity contribution >= 4 is 10.0 Å². The van der Waals surface area contributed by atoms with Crippen LogP contribution >= 0.6 is 0 Å². The topological polar surface area (TPSA) is 88.3 Å². The third-order valence-electron chi connectivity index (χ3n) is 5.27. The van der Waals surface area contributed by atoms with Gasteiger partial charge < -0.3 is 5.11 Å². The zero-order valence-corrected chi connectivity index (χ0v) is 15.4. The van der Waals surface area contributed by atoms with Crippen molar-refractivity contribution in [3.8, 4) is 0 Å². The van der Waals surface area contributed by atoms with E-state index in [1.807, 2.05) is 13.8 Å². The van der Waals surface area contributed by atoms with Gasteiger partial charge in [0.05, 0.1) is 11.9 Å². The highest BCUT2D eigenvalue weighted by molar-refractivity contribution is 7.89. The standard InChI is InChI=1S/C16H28N4O3S/c1-13(2)20-10-15(17-18-20)16(21)8-5-9-19(12-16)24(22,23)11-14-6-3-4-7-14/h10,13-14,21H,3-9,11-12H2,1-2H3/t16-/m0/s1. The monoisotopic (exact) mass is 356 g/mol. The number of nitrogens with zero attached hydrogens (tertiary/aromatic N) is 4. The molecule has 1 atom stereocenters. The summed E-state index contributed by atoms with van der Waals surface area (Å²) in [6.45, 7) is 4.54. The number of hydrogen-bond acceptors (Lipinski definition) is 5. The van der Waals surface area contributed by atoms with Crippen molar-refractivity contribution in [2.24, 2.45) is 5.92 Å². The Bertz CT molecular complexity index is 667. The van der Waals surface area contributed by atoms with Crippen LogP contribution in [0.15, 0.2) is 6.20 Å². The first-order valence-electron chi connectivity index (χ1n) is 8.93. The maximum absolute atomic E-state index is 12.7. The number of sulfonamides is 1. The highest BCUT2D eigenvalue weighted by Gasteiger charge is 2.42. The third-order valence-corrected chi connectivity index (χ3v) is 7.26. The Morgan fingerprint density at radius 1 is 1.33 bits per heavy atom. The summed E-state index contributed by atoms with van der Waals surface area (Å²) in [5.41, 5.74) is -0.773. The molecule has 0 radical (unpaired) electrons. The summed E-state index contributed by atoms with van der Waals surface area (Å²) in [6.07, 6.45) is 7.14. The van der Waals surface area contributed by atoms with E-state index in [0.717, 1.165) is 25.7 Å². The number of piperidine rings is 1. The predicted molar refractivity (Wildman–Crippen MR) is 90.9 cm³/mol. The molecule has 1 aromatic heterocycles. The van der Waals surface area contributed by atoms with Crippen molar-refractivity contribution in [2.75, 3.05) is 18.8 Å². The lowest BCUT2D eigenvalue weighted by Gasteiger charge is -2.37. The van der Waals surface area contributed by atoms with E-state index >= 15 is 0 Å². The number of aromatic nitrogens is 3. The summed E-state index contributed by atoms with van der Waals surface area (Å²) in [5, 5.41) is 19.1. The summed E-state index contributed by atoms with van der Waals surface area (Å²) < 4.78 is 28.7. The largest absolute Gasteiger partial charge is 0.382 e. The van der Waals surface area contributed by atoms with Crippen LogP contribution in [0.25, 0.3) is 0 Å². The van der Waals surface area contributed by atoms with Gasteiger partial charge in [0.25, 0.3) is 0 Å². The minimum absolute atomic E-state index is 0.0822. The van der Waals surface area contributed by atoms with Crippen molar-refractivity contribution in [1.29, 1.82) is 0 Å². The molecule has 0 bridgehead atoms. The summed E-state index contributed by atoms with van der Waals surface area (Å²) in [5.74, 6) is 0.480. The van der Waals surface area contributed by atoms with Gasteiger partial charge in [0.2, 0.25) is 10.0 Å². The van der Waals surface area contributed by atoms with Crippen LogP contribution in [-0.4, -0.2) is 51.7 Å². The van der Waals surface area contributed by atoms with Gasteiger partial charge in [0, 0.05) is 19.1 Å². The smallest absolute Gasteiger partial charge is 0.214 e. The number of aliphatic hydroxyl groups is 1. The zero-order valence-electron chi connectivity index (χ0n) is 14.6. The first-order chi connectivity index (χ1) is 11.3. The Kier molecular flexibility index (Phi) is 4.99. The Balaban J connectivity index is 1.74. The van der Waals surface area contributed by atoms with Crippen molar-refractivity contribution in [2.45, 2.75) is 64.0 Å². The molecule has 7 nitrogen and oxygen atoms in total. The van der Waals surface area contributed by atoms with E-state index in [2.05, 4.69) is 10.3 Å². The molecule has 0 aromatic carbocycles. The summed E-state index contributed by atoms with van der Waals surface area (Å²) >= 11 is 0. The molecule has 1 aliphatic carbocycles. The summed E-state index contributed by atoms with van der Waals surface area (Å²) in [7, 11) is -3.34. The molecule has 136 valence electrons. The molecule has 0 unspecified atom stereocenters. The molecular weight excluding hydrogens is 328 g/mol. The molecule has 1 aromatic rings. The van der Waals surface area contributed by atoms with Crippen molar-refractivity contribution in [1.82, 2.24) is 19.3 Å². The maximum atomic E-state index is 12.7. The Morgan fingerprint density at radius 2 is 2.04 bits per heavy atom. The van der Waals surface area contributed by atoms with Crippen molar-refractivity contribution in [3.63, 3.8) is 0 Å². The van der Waals surface area contributed by atoms with Gasteiger partial charge in [-0.3, -0.25) is 0 Å². The van der Waals surface area contributed by atoms with Gasteiger partial charge in [0.15, 0.2) is 0 Å². The minimum Gasteiger partial charge on any atom is -0.382 e. The van der Waals surface area contributed by atoms with Crippen LogP contribution in [0.4, 0.5) is 0 Å². The van der Waals surface area contributed by atoms with Gasteiger partial charge in [-0.1, -0.05) is 18.1 Å². The Labute approximate surface area is 144 Å². The molecular formula is C16H28N4O3S. The fourth-order valence-electron chi connectivity index (χ4n) is 3.77. The predicted octanol–water partition coefficient (Wildman–Crippen LogP) is 1.66. The molecule has 0 amide bonds. The van der Waals surface area contributed by atoms with E-state index in [1.54, 1.807) is 10.9 Å². The molecule has 8 heteroatoms. The quantitative estimate of drug-likeness (QED) is 0.867. The van der Waals surface area contributed by atoms with Crippen molar-refractivity contribution < 1.29 is 13.5 Å². The first-order valence-corrected chi connectivity index (χ1v) is 10.5. The molecule has 1 aliphatic heterocycles. The first kappa shape index (κ1) is 17.8. The fourth-order valence-corrected chi connectivity index (χ4v) is 5.72. The van der Waals surface area contributed by atoms with Crippen LogP contribution in [0.2, 0.25) is 0 Å². The lowest BCUT2D eigenvalue weighted by molar-refractivity contribution is -0.0162. The van der Waals surface area contributed by atoms with E-state index < -0.39 is 15.6 Å². The third kappa shape index (κ3) is 3.65. The van der Waals surface area contributed by atoms with Crippen LogP contribution in [0, 0.1) is 5.92 Å². The van der Waals surface area contributed by atoms with E-state index in [0.29, 0.717) is 25.1 Å². The van der Waals surface area contributed by atoms with E-state index in [-0.39, 0.29) is 24.3 Å². The van der Waals surface area contributed by atoms with Crippen LogP contribution in [-0.2, 0) is 15.6 Å². The van der Waals surface area contributed by atoms with Crippen LogP contribution < -0.4 is 0 Å². The van der Waals surface area contributed by atoms with Crippen LogP contribution in [0.5, 0.6) is 0 Å². The molecule has 2 fully saturated rings. The summed E-state index contributed by atoms with van der Waals surface area (Å²) in [6, 6.07) is 0.153. The molecule has 2 heterocycles. The Morgan fingerprint density at radius 3 is 2.67 bits per heavy atom. The van der Waals surface area contributed by atoms with E-state index in [4.69, 9.17) is 0 Å². The van der Waals surface area contributed by atoms with Gasteiger partial charge >= 0.3 is 0 Å². The van der Waals surface area contributed by atoms with Crippen LogP contribution in [0.1, 0.15) is 64.1 Å². The molecule has 0 spiro atoms.